The normalized spacial score (nSPS) is 11.5. The van der Waals surface area contributed by atoms with E-state index in [2.05, 4.69) is 10.6 Å². The minimum atomic E-state index is -0.908. The van der Waals surface area contributed by atoms with Crippen LogP contribution in [0.3, 0.4) is 0 Å². The van der Waals surface area contributed by atoms with Crippen molar-refractivity contribution in [3.63, 3.8) is 0 Å². The molecule has 1 atom stereocenters. The van der Waals surface area contributed by atoms with Gasteiger partial charge in [-0.2, -0.15) is 0 Å². The maximum absolute atomic E-state index is 11.4. The summed E-state index contributed by atoms with van der Waals surface area (Å²) in [5, 5.41) is 23.9. The van der Waals surface area contributed by atoms with Crippen molar-refractivity contribution in [2.45, 2.75) is 13.0 Å². The van der Waals surface area contributed by atoms with Crippen molar-refractivity contribution in [3.05, 3.63) is 34.4 Å². The van der Waals surface area contributed by atoms with Crippen LogP contribution in [-0.4, -0.2) is 34.5 Å². The standard InChI is InChI=1S/C11H13N3O5/c1-7(15)6-12-10(16)11(17)13-8-2-4-9(5-3-8)14(18)19/h2-5,7,15H,6H2,1H3,(H,12,16)(H,13,17). The molecule has 8 nitrogen and oxygen atoms in total. The van der Waals surface area contributed by atoms with Crippen LogP contribution in [0.1, 0.15) is 6.92 Å². The third kappa shape index (κ3) is 4.72. The van der Waals surface area contributed by atoms with E-state index in [1.807, 2.05) is 0 Å². The van der Waals surface area contributed by atoms with Gasteiger partial charge in [-0.05, 0) is 19.1 Å². The molecule has 102 valence electrons. The number of carbonyl (C=O) groups excluding carboxylic acids is 2. The minimum absolute atomic E-state index is 0.0352. The van der Waals surface area contributed by atoms with E-state index >= 15 is 0 Å². The van der Waals surface area contributed by atoms with Crippen LogP contribution in [0.15, 0.2) is 24.3 Å². The Morgan fingerprint density at radius 2 is 1.89 bits per heavy atom. The lowest BCUT2D eigenvalue weighted by Crippen LogP contribution is -2.38. The monoisotopic (exact) mass is 267 g/mol. The van der Waals surface area contributed by atoms with E-state index in [9.17, 15) is 19.7 Å². The molecule has 0 saturated carbocycles. The highest BCUT2D eigenvalue weighted by atomic mass is 16.6. The Labute approximate surface area is 108 Å². The molecule has 1 aromatic rings. The molecule has 1 aromatic carbocycles. The lowest BCUT2D eigenvalue weighted by atomic mass is 10.3. The fourth-order valence-electron chi connectivity index (χ4n) is 1.18. The van der Waals surface area contributed by atoms with Gasteiger partial charge in [-0.1, -0.05) is 0 Å². The molecule has 19 heavy (non-hydrogen) atoms. The molecule has 0 fully saturated rings. The molecule has 0 heterocycles. The number of nitrogens with one attached hydrogen (secondary N) is 2. The van der Waals surface area contributed by atoms with Gasteiger partial charge in [-0.15, -0.1) is 0 Å². The number of nitro groups is 1. The summed E-state index contributed by atoms with van der Waals surface area (Å²) < 4.78 is 0. The second-order valence-corrected chi connectivity index (χ2v) is 3.82. The van der Waals surface area contributed by atoms with E-state index in [1.54, 1.807) is 0 Å². The van der Waals surface area contributed by atoms with Gasteiger partial charge >= 0.3 is 11.8 Å². The predicted molar refractivity (Wildman–Crippen MR) is 66.4 cm³/mol. The number of aliphatic hydroxyl groups excluding tert-OH is 1. The van der Waals surface area contributed by atoms with Gasteiger partial charge in [-0.25, -0.2) is 0 Å². The molecular weight excluding hydrogens is 254 g/mol. The van der Waals surface area contributed by atoms with E-state index < -0.39 is 22.8 Å². The Balaban J connectivity index is 2.56. The molecule has 8 heteroatoms. The third-order valence-electron chi connectivity index (χ3n) is 2.10. The molecule has 1 rings (SSSR count). The number of aliphatic hydroxyl groups is 1. The van der Waals surface area contributed by atoms with Gasteiger partial charge in [0.05, 0.1) is 11.0 Å². The van der Waals surface area contributed by atoms with Crippen molar-refractivity contribution in [2.75, 3.05) is 11.9 Å². The van der Waals surface area contributed by atoms with Gasteiger partial charge in [0.25, 0.3) is 5.69 Å². The molecule has 0 radical (unpaired) electrons. The average Bonchev–Trinajstić information content (AvgIpc) is 2.36. The van der Waals surface area contributed by atoms with Crippen molar-refractivity contribution in [3.8, 4) is 0 Å². The number of hydrogen-bond acceptors (Lipinski definition) is 5. The maximum Gasteiger partial charge on any atom is 0.313 e. The highest BCUT2D eigenvalue weighted by Gasteiger charge is 2.14. The number of anilines is 1. The van der Waals surface area contributed by atoms with Crippen LogP contribution in [0.4, 0.5) is 11.4 Å². The third-order valence-corrected chi connectivity index (χ3v) is 2.10. The minimum Gasteiger partial charge on any atom is -0.392 e. The first kappa shape index (κ1) is 14.6. The second-order valence-electron chi connectivity index (χ2n) is 3.82. The van der Waals surface area contributed by atoms with Gasteiger partial charge < -0.3 is 15.7 Å². The van der Waals surface area contributed by atoms with Crippen molar-refractivity contribution in [2.24, 2.45) is 0 Å². The van der Waals surface area contributed by atoms with Crippen molar-refractivity contribution in [1.29, 1.82) is 0 Å². The fraction of sp³-hybridized carbons (Fsp3) is 0.273. The topological polar surface area (TPSA) is 122 Å². The van der Waals surface area contributed by atoms with Crippen LogP contribution in [0.2, 0.25) is 0 Å². The van der Waals surface area contributed by atoms with Gasteiger partial charge in [-0.3, -0.25) is 19.7 Å². The van der Waals surface area contributed by atoms with E-state index in [4.69, 9.17) is 5.11 Å². The number of nitrogens with zero attached hydrogens (tertiary/aromatic N) is 1. The van der Waals surface area contributed by atoms with Crippen LogP contribution in [0.5, 0.6) is 0 Å². The molecule has 0 aliphatic rings. The first-order chi connectivity index (χ1) is 8.90. The molecule has 0 aliphatic carbocycles. The molecule has 1 unspecified atom stereocenters. The molecular formula is C11H13N3O5. The zero-order valence-corrected chi connectivity index (χ0v) is 10.1. The zero-order valence-electron chi connectivity index (χ0n) is 10.1. The van der Waals surface area contributed by atoms with Crippen LogP contribution < -0.4 is 10.6 Å². The van der Waals surface area contributed by atoms with Gasteiger partial charge in [0, 0.05) is 24.4 Å². The molecule has 3 N–H and O–H groups in total. The lowest BCUT2D eigenvalue weighted by molar-refractivity contribution is -0.384. The van der Waals surface area contributed by atoms with Crippen LogP contribution in [0, 0.1) is 10.1 Å². The van der Waals surface area contributed by atoms with Crippen LogP contribution in [0.25, 0.3) is 0 Å². The quantitative estimate of drug-likeness (QED) is 0.403. The highest BCUT2D eigenvalue weighted by molar-refractivity contribution is 6.39. The smallest absolute Gasteiger partial charge is 0.313 e. The van der Waals surface area contributed by atoms with Gasteiger partial charge in [0.2, 0.25) is 0 Å². The number of non-ortho nitro benzene ring substituents is 1. The maximum atomic E-state index is 11.4. The Kier molecular flexibility index (Phi) is 4.95. The molecule has 0 bridgehead atoms. The summed E-state index contributed by atoms with van der Waals surface area (Å²) in [6.07, 6.45) is -0.754. The SMILES string of the molecule is CC(O)CNC(=O)C(=O)Nc1ccc([N+](=O)[O-])cc1. The van der Waals surface area contributed by atoms with Crippen molar-refractivity contribution >= 4 is 23.2 Å². The summed E-state index contributed by atoms with van der Waals surface area (Å²) in [5.74, 6) is -1.80. The zero-order chi connectivity index (χ0) is 14.4. The lowest BCUT2D eigenvalue weighted by Gasteiger charge is -2.07. The number of benzene rings is 1. The summed E-state index contributed by atoms with van der Waals surface area (Å²) in [5.41, 5.74) is 0.152. The van der Waals surface area contributed by atoms with E-state index in [1.165, 1.54) is 31.2 Å². The largest absolute Gasteiger partial charge is 0.392 e. The Morgan fingerprint density at radius 3 is 2.37 bits per heavy atom. The highest BCUT2D eigenvalue weighted by Crippen LogP contribution is 2.15. The second kappa shape index (κ2) is 6.45. The molecule has 0 spiro atoms. The molecule has 0 aromatic heterocycles. The first-order valence-corrected chi connectivity index (χ1v) is 5.42. The number of nitro benzene ring substituents is 1. The van der Waals surface area contributed by atoms with Crippen LogP contribution in [-0.2, 0) is 9.59 Å². The number of amides is 2. The Morgan fingerprint density at radius 1 is 1.32 bits per heavy atom. The van der Waals surface area contributed by atoms with E-state index in [0.29, 0.717) is 0 Å². The first-order valence-electron chi connectivity index (χ1n) is 5.42. The number of rotatable bonds is 4. The molecule has 2 amide bonds. The summed E-state index contributed by atoms with van der Waals surface area (Å²) >= 11 is 0. The summed E-state index contributed by atoms with van der Waals surface area (Å²) in [6, 6.07) is 5.06. The predicted octanol–water partition coefficient (Wildman–Crippen LogP) is 0.0303. The summed E-state index contributed by atoms with van der Waals surface area (Å²) in [7, 11) is 0. The van der Waals surface area contributed by atoms with Crippen LogP contribution >= 0.6 is 0 Å². The number of carbonyl (C=O) groups is 2. The Hall–Kier alpha value is -2.48. The van der Waals surface area contributed by atoms with Gasteiger partial charge in [0.1, 0.15) is 0 Å². The van der Waals surface area contributed by atoms with Crippen molar-refractivity contribution in [1.82, 2.24) is 5.32 Å². The molecule has 0 saturated heterocycles. The molecule has 0 aliphatic heterocycles. The summed E-state index contributed by atoms with van der Waals surface area (Å²) in [6.45, 7) is 1.43. The van der Waals surface area contributed by atoms with Crippen molar-refractivity contribution < 1.29 is 19.6 Å². The average molecular weight is 267 g/mol. The van der Waals surface area contributed by atoms with Gasteiger partial charge in [0.15, 0.2) is 0 Å². The Bertz CT molecular complexity index is 484. The van der Waals surface area contributed by atoms with E-state index in [-0.39, 0.29) is 17.9 Å². The number of hydrogen-bond donors (Lipinski definition) is 3. The summed E-state index contributed by atoms with van der Waals surface area (Å²) in [4.78, 5) is 32.5. The van der Waals surface area contributed by atoms with E-state index in [0.717, 1.165) is 0 Å². The fourth-order valence-corrected chi connectivity index (χ4v) is 1.18.